The van der Waals surface area contributed by atoms with Crippen LogP contribution in [0.4, 0.5) is 0 Å². The smallest absolute Gasteiger partial charge is 0.132 e. The molecule has 0 aromatic heterocycles. The summed E-state index contributed by atoms with van der Waals surface area (Å²) in [6.07, 6.45) is 0. The monoisotopic (exact) mass is 532 g/mol. The maximum atomic E-state index is 12.0. The molecule has 40 heavy (non-hydrogen) atoms. The Morgan fingerprint density at radius 1 is 0.375 bits per heavy atom. The van der Waals surface area contributed by atoms with Crippen molar-refractivity contribution in [3.05, 3.63) is 84.9 Å². The van der Waals surface area contributed by atoms with E-state index in [4.69, 9.17) is 18.9 Å². The minimum atomic E-state index is 0.0345. The van der Waals surface area contributed by atoms with Crippen molar-refractivity contribution in [2.45, 2.75) is 0 Å². The Morgan fingerprint density at radius 2 is 0.675 bits per heavy atom. The Bertz CT molecular complexity index is 1740. The molecule has 0 spiro atoms. The minimum absolute atomic E-state index is 0.0345. The number of aromatic hydroxyl groups is 2. The second-order valence-electron chi connectivity index (χ2n) is 9.36. The van der Waals surface area contributed by atoms with Gasteiger partial charge in [-0.1, -0.05) is 60.7 Å². The third-order valence-corrected chi connectivity index (χ3v) is 7.48. The van der Waals surface area contributed by atoms with E-state index in [0.29, 0.717) is 66.8 Å². The van der Waals surface area contributed by atoms with E-state index in [1.807, 2.05) is 72.8 Å². The molecule has 0 unspecified atom stereocenters. The van der Waals surface area contributed by atoms with Crippen LogP contribution in [0.5, 0.6) is 34.5 Å². The highest BCUT2D eigenvalue weighted by Crippen LogP contribution is 2.57. The van der Waals surface area contributed by atoms with E-state index >= 15 is 0 Å². The third-order valence-electron chi connectivity index (χ3n) is 7.48. The van der Waals surface area contributed by atoms with E-state index in [0.717, 1.165) is 10.8 Å². The van der Waals surface area contributed by atoms with Gasteiger partial charge in [0, 0.05) is 32.7 Å². The number of benzene rings is 6. The second-order valence-corrected chi connectivity index (χ2v) is 9.36. The summed E-state index contributed by atoms with van der Waals surface area (Å²) in [7, 11) is 6.40. The molecule has 6 heteroatoms. The average molecular weight is 533 g/mol. The molecule has 0 fully saturated rings. The summed E-state index contributed by atoms with van der Waals surface area (Å²) in [5.41, 5.74) is 2.68. The average Bonchev–Trinajstić information content (AvgIpc) is 3.01. The van der Waals surface area contributed by atoms with Crippen molar-refractivity contribution < 1.29 is 29.2 Å². The molecule has 0 aliphatic carbocycles. The standard InChI is InChI=1S/C34H28O6/c1-37-23-15-9-16-24(38-2)29(23)27-19-11-5-6-12-20(19)28(30-25(39-3)17-10-18-26(30)40-4)32-31(27)33(35)21-13-7-8-14-22(21)34(32)36/h5-18,35-36H,1-4H3. The van der Waals surface area contributed by atoms with Crippen LogP contribution in [0.2, 0.25) is 0 Å². The van der Waals surface area contributed by atoms with Gasteiger partial charge in [0.25, 0.3) is 0 Å². The van der Waals surface area contributed by atoms with Crippen LogP contribution in [-0.2, 0) is 0 Å². The summed E-state index contributed by atoms with van der Waals surface area (Å²) < 4.78 is 23.3. The normalized spacial score (nSPS) is 11.2. The summed E-state index contributed by atoms with van der Waals surface area (Å²) in [5.74, 6) is 2.35. The van der Waals surface area contributed by atoms with Crippen molar-refractivity contribution in [2.75, 3.05) is 28.4 Å². The molecule has 2 N–H and O–H groups in total. The highest BCUT2D eigenvalue weighted by molar-refractivity contribution is 6.29. The summed E-state index contributed by atoms with van der Waals surface area (Å²) in [6.45, 7) is 0. The number of methoxy groups -OCH3 is 4. The summed E-state index contributed by atoms with van der Waals surface area (Å²) >= 11 is 0. The molecular formula is C34H28O6. The molecule has 0 atom stereocenters. The van der Waals surface area contributed by atoms with Crippen molar-refractivity contribution in [3.8, 4) is 56.8 Å². The fourth-order valence-corrected chi connectivity index (χ4v) is 5.79. The number of hydrogen-bond donors (Lipinski definition) is 2. The Kier molecular flexibility index (Phi) is 6.23. The molecule has 6 aromatic rings. The van der Waals surface area contributed by atoms with E-state index in [1.54, 1.807) is 40.6 Å². The van der Waals surface area contributed by atoms with Gasteiger partial charge in [-0.2, -0.15) is 0 Å². The van der Waals surface area contributed by atoms with E-state index in [2.05, 4.69) is 0 Å². The number of rotatable bonds is 6. The molecule has 0 aliphatic rings. The van der Waals surface area contributed by atoms with Gasteiger partial charge >= 0.3 is 0 Å². The van der Waals surface area contributed by atoms with Gasteiger partial charge in [-0.15, -0.1) is 0 Å². The molecule has 0 amide bonds. The highest BCUT2D eigenvalue weighted by atomic mass is 16.5. The molecule has 0 saturated carbocycles. The molecule has 6 aromatic carbocycles. The van der Waals surface area contributed by atoms with Gasteiger partial charge in [0.2, 0.25) is 0 Å². The second kappa shape index (κ2) is 9.89. The van der Waals surface area contributed by atoms with Crippen LogP contribution in [0, 0.1) is 0 Å². The Labute approximate surface area is 231 Å². The molecule has 200 valence electrons. The third kappa shape index (κ3) is 3.57. The first-order chi connectivity index (χ1) is 19.5. The topological polar surface area (TPSA) is 77.4 Å². The van der Waals surface area contributed by atoms with Crippen LogP contribution < -0.4 is 18.9 Å². The summed E-state index contributed by atoms with van der Waals surface area (Å²) in [6, 6.07) is 26.3. The zero-order chi connectivity index (χ0) is 28.0. The maximum Gasteiger partial charge on any atom is 0.132 e. The lowest BCUT2D eigenvalue weighted by Gasteiger charge is -2.24. The zero-order valence-corrected chi connectivity index (χ0v) is 22.6. The van der Waals surface area contributed by atoms with E-state index < -0.39 is 0 Å². The van der Waals surface area contributed by atoms with Crippen LogP contribution in [0.25, 0.3) is 54.6 Å². The molecule has 0 heterocycles. The number of hydrogen-bond acceptors (Lipinski definition) is 6. The first-order valence-electron chi connectivity index (χ1n) is 12.8. The van der Waals surface area contributed by atoms with Crippen LogP contribution in [0.15, 0.2) is 84.9 Å². The van der Waals surface area contributed by atoms with Gasteiger partial charge in [0.05, 0.1) is 39.6 Å². The van der Waals surface area contributed by atoms with Crippen LogP contribution >= 0.6 is 0 Å². The quantitative estimate of drug-likeness (QED) is 0.168. The lowest BCUT2D eigenvalue weighted by molar-refractivity contribution is 0.397. The van der Waals surface area contributed by atoms with Gasteiger partial charge in [0.1, 0.15) is 34.5 Å². The fraction of sp³-hybridized carbons (Fsp3) is 0.118. The number of ether oxygens (including phenoxy) is 4. The lowest BCUT2D eigenvalue weighted by Crippen LogP contribution is -1.99. The Balaban J connectivity index is 2.00. The summed E-state index contributed by atoms with van der Waals surface area (Å²) in [4.78, 5) is 0. The Morgan fingerprint density at radius 3 is 0.975 bits per heavy atom. The van der Waals surface area contributed by atoms with E-state index in [9.17, 15) is 10.2 Å². The largest absolute Gasteiger partial charge is 0.507 e. The van der Waals surface area contributed by atoms with Gasteiger partial charge in [-0.05, 0) is 35.0 Å². The fourth-order valence-electron chi connectivity index (χ4n) is 5.79. The maximum absolute atomic E-state index is 12.0. The van der Waals surface area contributed by atoms with Crippen molar-refractivity contribution in [1.82, 2.24) is 0 Å². The number of phenols is 2. The van der Waals surface area contributed by atoms with Gasteiger partial charge in [-0.3, -0.25) is 0 Å². The van der Waals surface area contributed by atoms with E-state index in [1.165, 1.54) is 0 Å². The minimum Gasteiger partial charge on any atom is -0.507 e. The van der Waals surface area contributed by atoms with Crippen molar-refractivity contribution in [2.24, 2.45) is 0 Å². The molecule has 0 radical (unpaired) electrons. The number of phenolic OH excluding ortho intramolecular Hbond substituents is 2. The molecular weight excluding hydrogens is 504 g/mol. The van der Waals surface area contributed by atoms with Gasteiger partial charge in [-0.25, -0.2) is 0 Å². The predicted octanol–water partition coefficient (Wildman–Crippen LogP) is 7.93. The summed E-state index contributed by atoms with van der Waals surface area (Å²) in [5, 5.41) is 27.7. The van der Waals surface area contributed by atoms with Crippen molar-refractivity contribution in [3.63, 3.8) is 0 Å². The lowest BCUT2D eigenvalue weighted by atomic mass is 9.83. The van der Waals surface area contributed by atoms with Gasteiger partial charge < -0.3 is 29.2 Å². The molecule has 6 rings (SSSR count). The van der Waals surface area contributed by atoms with Gasteiger partial charge in [0.15, 0.2) is 0 Å². The van der Waals surface area contributed by atoms with Crippen LogP contribution in [-0.4, -0.2) is 38.7 Å². The molecule has 0 aliphatic heterocycles. The van der Waals surface area contributed by atoms with Crippen LogP contribution in [0.3, 0.4) is 0 Å². The molecule has 0 bridgehead atoms. The zero-order valence-electron chi connectivity index (χ0n) is 22.6. The molecule has 0 saturated heterocycles. The Hall–Kier alpha value is -5.10. The van der Waals surface area contributed by atoms with E-state index in [-0.39, 0.29) is 11.5 Å². The SMILES string of the molecule is COc1cccc(OC)c1-c1c2ccccc2c(-c2c(OC)cccc2OC)c2c(O)c3ccccc3c(O)c12. The first-order valence-corrected chi connectivity index (χ1v) is 12.8. The van der Waals surface area contributed by atoms with Crippen molar-refractivity contribution in [1.29, 1.82) is 0 Å². The predicted molar refractivity (Wildman–Crippen MR) is 159 cm³/mol. The van der Waals surface area contributed by atoms with Crippen LogP contribution in [0.1, 0.15) is 0 Å². The number of fused-ring (bicyclic) bond motifs is 3. The first kappa shape index (κ1) is 25.2. The van der Waals surface area contributed by atoms with Crippen molar-refractivity contribution >= 4 is 32.3 Å². The highest BCUT2D eigenvalue weighted by Gasteiger charge is 2.29. The molecule has 6 nitrogen and oxygen atoms in total.